The van der Waals surface area contributed by atoms with Gasteiger partial charge < -0.3 is 10.6 Å². The molecule has 0 atom stereocenters. The third-order valence-electron chi connectivity index (χ3n) is 3.55. The minimum absolute atomic E-state index is 0.0930. The Morgan fingerprint density at radius 1 is 1.29 bits per heavy atom. The summed E-state index contributed by atoms with van der Waals surface area (Å²) >= 11 is 0. The lowest BCUT2D eigenvalue weighted by Gasteiger charge is -2.12. The first kappa shape index (κ1) is 17.2. The highest BCUT2D eigenvalue weighted by atomic mass is 19.1. The summed E-state index contributed by atoms with van der Waals surface area (Å²) in [5.41, 5.74) is 3.01. The maximum absolute atomic E-state index is 13.1. The fourth-order valence-electron chi connectivity index (χ4n) is 2.27. The standard InChI is InChI=1S/C19H18FN3O/c1-3-14-7-4-6-13(2)18(14)23-19(24)15(11-21)12-22-17-9-5-8-16(20)10-17/h4-10,12,22H,3H2,1-2H3,(H,23,24)/b15-12-. The monoisotopic (exact) mass is 323 g/mol. The molecular weight excluding hydrogens is 305 g/mol. The van der Waals surface area contributed by atoms with Crippen LogP contribution in [-0.4, -0.2) is 5.91 Å². The number of hydrogen-bond donors (Lipinski definition) is 2. The second-order valence-electron chi connectivity index (χ2n) is 5.24. The zero-order valence-electron chi connectivity index (χ0n) is 13.6. The lowest BCUT2D eigenvalue weighted by Crippen LogP contribution is -2.16. The number of carbonyl (C=O) groups excluding carboxylic acids is 1. The van der Waals surface area contributed by atoms with Gasteiger partial charge in [0, 0.05) is 17.6 Å². The molecule has 1 amide bonds. The highest BCUT2D eigenvalue weighted by molar-refractivity contribution is 6.07. The lowest BCUT2D eigenvalue weighted by atomic mass is 10.1. The van der Waals surface area contributed by atoms with Gasteiger partial charge in [-0.15, -0.1) is 0 Å². The summed E-state index contributed by atoms with van der Waals surface area (Å²) < 4.78 is 13.1. The zero-order chi connectivity index (χ0) is 17.5. The third-order valence-corrected chi connectivity index (χ3v) is 3.55. The SMILES string of the molecule is CCc1cccc(C)c1NC(=O)/C(C#N)=C\Nc1cccc(F)c1. The van der Waals surface area contributed by atoms with E-state index in [4.69, 9.17) is 0 Å². The van der Waals surface area contributed by atoms with Gasteiger partial charge in [-0.25, -0.2) is 4.39 Å². The number of benzene rings is 2. The van der Waals surface area contributed by atoms with Crippen LogP contribution in [0.15, 0.2) is 54.2 Å². The number of rotatable bonds is 5. The van der Waals surface area contributed by atoms with Crippen molar-refractivity contribution in [2.24, 2.45) is 0 Å². The number of aryl methyl sites for hydroxylation is 2. The van der Waals surface area contributed by atoms with Crippen LogP contribution in [0.4, 0.5) is 15.8 Å². The van der Waals surface area contributed by atoms with Crippen LogP contribution in [-0.2, 0) is 11.2 Å². The molecule has 0 aliphatic rings. The molecule has 4 nitrogen and oxygen atoms in total. The Kier molecular flexibility index (Phi) is 5.69. The van der Waals surface area contributed by atoms with E-state index in [0.29, 0.717) is 5.69 Å². The molecule has 2 rings (SSSR count). The van der Waals surface area contributed by atoms with Gasteiger partial charge in [0.1, 0.15) is 17.5 Å². The van der Waals surface area contributed by atoms with Gasteiger partial charge in [0.2, 0.25) is 0 Å². The summed E-state index contributed by atoms with van der Waals surface area (Å²) in [7, 11) is 0. The molecule has 5 heteroatoms. The van der Waals surface area contributed by atoms with Crippen molar-refractivity contribution in [2.45, 2.75) is 20.3 Å². The molecule has 0 unspecified atom stereocenters. The second kappa shape index (κ2) is 7.93. The van der Waals surface area contributed by atoms with E-state index in [0.717, 1.165) is 23.2 Å². The van der Waals surface area contributed by atoms with Gasteiger partial charge in [-0.05, 0) is 42.7 Å². The maximum atomic E-state index is 13.1. The molecule has 0 aliphatic heterocycles. The Balaban J connectivity index is 2.18. The first-order chi connectivity index (χ1) is 11.5. The van der Waals surface area contributed by atoms with Gasteiger partial charge in [0.05, 0.1) is 0 Å². The number of anilines is 2. The average molecular weight is 323 g/mol. The fourth-order valence-corrected chi connectivity index (χ4v) is 2.27. The fraction of sp³-hybridized carbons (Fsp3) is 0.158. The van der Waals surface area contributed by atoms with E-state index in [1.807, 2.05) is 38.1 Å². The van der Waals surface area contributed by atoms with Crippen molar-refractivity contribution < 1.29 is 9.18 Å². The summed E-state index contributed by atoms with van der Waals surface area (Å²) in [4.78, 5) is 12.3. The van der Waals surface area contributed by atoms with Crippen molar-refractivity contribution in [3.05, 3.63) is 71.2 Å². The summed E-state index contributed by atoms with van der Waals surface area (Å²) in [5, 5.41) is 14.8. The number of carbonyl (C=O) groups is 1. The number of hydrogen-bond acceptors (Lipinski definition) is 3. The van der Waals surface area contributed by atoms with Crippen LogP contribution >= 0.6 is 0 Å². The van der Waals surface area contributed by atoms with Crippen LogP contribution < -0.4 is 10.6 Å². The van der Waals surface area contributed by atoms with Gasteiger partial charge >= 0.3 is 0 Å². The van der Waals surface area contributed by atoms with Crippen LogP contribution in [0.25, 0.3) is 0 Å². The predicted octanol–water partition coefficient (Wildman–Crippen LogP) is 4.15. The lowest BCUT2D eigenvalue weighted by molar-refractivity contribution is -0.112. The Labute approximate surface area is 140 Å². The minimum atomic E-state index is -0.509. The van der Waals surface area contributed by atoms with E-state index in [-0.39, 0.29) is 5.57 Å². The van der Waals surface area contributed by atoms with Crippen molar-refractivity contribution >= 4 is 17.3 Å². The van der Waals surface area contributed by atoms with Crippen molar-refractivity contribution in [1.29, 1.82) is 5.26 Å². The predicted molar refractivity (Wildman–Crippen MR) is 92.9 cm³/mol. The molecular formula is C19H18FN3O. The van der Waals surface area contributed by atoms with Gasteiger partial charge in [-0.2, -0.15) is 5.26 Å². The van der Waals surface area contributed by atoms with E-state index < -0.39 is 11.7 Å². The molecule has 0 aromatic heterocycles. The zero-order valence-corrected chi connectivity index (χ0v) is 13.6. The van der Waals surface area contributed by atoms with Crippen LogP contribution in [0.3, 0.4) is 0 Å². The average Bonchev–Trinajstić information content (AvgIpc) is 2.57. The van der Waals surface area contributed by atoms with Crippen molar-refractivity contribution in [2.75, 3.05) is 10.6 Å². The van der Waals surface area contributed by atoms with Crippen LogP contribution in [0.2, 0.25) is 0 Å². The van der Waals surface area contributed by atoms with E-state index in [1.54, 1.807) is 12.1 Å². The van der Waals surface area contributed by atoms with Crippen LogP contribution in [0.1, 0.15) is 18.1 Å². The van der Waals surface area contributed by atoms with Crippen LogP contribution in [0.5, 0.6) is 0 Å². The van der Waals surface area contributed by atoms with E-state index in [1.165, 1.54) is 18.3 Å². The molecule has 2 aromatic rings. The largest absolute Gasteiger partial charge is 0.360 e. The van der Waals surface area contributed by atoms with Gasteiger partial charge in [-0.1, -0.05) is 31.2 Å². The smallest absolute Gasteiger partial charge is 0.267 e. The molecule has 2 N–H and O–H groups in total. The minimum Gasteiger partial charge on any atom is -0.360 e. The highest BCUT2D eigenvalue weighted by Crippen LogP contribution is 2.21. The first-order valence-electron chi connectivity index (χ1n) is 7.57. The molecule has 0 fully saturated rings. The molecule has 0 saturated carbocycles. The summed E-state index contributed by atoms with van der Waals surface area (Å²) in [5.74, 6) is -0.908. The van der Waals surface area contributed by atoms with Crippen molar-refractivity contribution in [3.8, 4) is 6.07 Å². The number of para-hydroxylation sites is 1. The van der Waals surface area contributed by atoms with Crippen LogP contribution in [0, 0.1) is 24.1 Å². The van der Waals surface area contributed by atoms with Crippen molar-refractivity contribution in [1.82, 2.24) is 0 Å². The molecule has 0 bridgehead atoms. The topological polar surface area (TPSA) is 64.9 Å². The Hall–Kier alpha value is -3.13. The molecule has 0 spiro atoms. The summed E-state index contributed by atoms with van der Waals surface area (Å²) in [6.07, 6.45) is 2.04. The molecule has 122 valence electrons. The number of nitriles is 1. The Bertz CT molecular complexity index is 822. The molecule has 24 heavy (non-hydrogen) atoms. The quantitative estimate of drug-likeness (QED) is 0.641. The summed E-state index contributed by atoms with van der Waals surface area (Å²) in [6, 6.07) is 13.4. The highest BCUT2D eigenvalue weighted by Gasteiger charge is 2.13. The van der Waals surface area contributed by atoms with Crippen molar-refractivity contribution in [3.63, 3.8) is 0 Å². The van der Waals surface area contributed by atoms with E-state index in [9.17, 15) is 14.4 Å². The van der Waals surface area contributed by atoms with Gasteiger partial charge in [0.25, 0.3) is 5.91 Å². The van der Waals surface area contributed by atoms with Gasteiger partial charge in [0.15, 0.2) is 0 Å². The Morgan fingerprint density at radius 2 is 2.04 bits per heavy atom. The first-order valence-corrected chi connectivity index (χ1v) is 7.57. The third kappa shape index (κ3) is 4.20. The molecule has 2 aromatic carbocycles. The molecule has 0 heterocycles. The number of halogens is 1. The number of nitrogens with one attached hydrogen (secondary N) is 2. The molecule has 0 aliphatic carbocycles. The number of amides is 1. The second-order valence-corrected chi connectivity index (χ2v) is 5.24. The molecule has 0 saturated heterocycles. The molecule has 0 radical (unpaired) electrons. The van der Waals surface area contributed by atoms with E-state index >= 15 is 0 Å². The number of nitrogens with zero attached hydrogens (tertiary/aromatic N) is 1. The normalized spacial score (nSPS) is 10.8. The van der Waals surface area contributed by atoms with E-state index in [2.05, 4.69) is 10.6 Å². The Morgan fingerprint density at radius 3 is 2.71 bits per heavy atom. The maximum Gasteiger partial charge on any atom is 0.267 e. The summed E-state index contributed by atoms with van der Waals surface area (Å²) in [6.45, 7) is 3.90. The van der Waals surface area contributed by atoms with Gasteiger partial charge in [-0.3, -0.25) is 4.79 Å².